The van der Waals surface area contributed by atoms with E-state index in [9.17, 15) is 4.39 Å². The van der Waals surface area contributed by atoms with Crippen molar-refractivity contribution in [2.45, 2.75) is 19.8 Å². The van der Waals surface area contributed by atoms with E-state index in [0.717, 1.165) is 15.6 Å². The predicted molar refractivity (Wildman–Crippen MR) is 76.1 cm³/mol. The fourth-order valence-corrected chi connectivity index (χ4v) is 2.83. The third kappa shape index (κ3) is 2.82. The Bertz CT molecular complexity index is 660. The molecule has 0 unspecified atom stereocenters. The van der Waals surface area contributed by atoms with Crippen LogP contribution in [0.25, 0.3) is 11.1 Å². The Morgan fingerprint density at radius 3 is 2.63 bits per heavy atom. The zero-order valence-electron chi connectivity index (χ0n) is 10.6. The maximum absolute atomic E-state index is 13.2. The third-order valence-corrected chi connectivity index (χ3v) is 3.77. The number of hydrogen-bond donors (Lipinski definition) is 0. The van der Waals surface area contributed by atoms with E-state index in [1.807, 2.05) is 6.07 Å². The van der Waals surface area contributed by atoms with Gasteiger partial charge >= 0.3 is 0 Å². The van der Waals surface area contributed by atoms with Gasteiger partial charge < -0.3 is 0 Å². The highest BCUT2D eigenvalue weighted by molar-refractivity contribution is 9.10. The molecular formula is C15H12BrFN2. The molecule has 1 aromatic carbocycles. The first kappa shape index (κ1) is 13.7. The van der Waals surface area contributed by atoms with Crippen molar-refractivity contribution in [2.24, 2.45) is 0 Å². The van der Waals surface area contributed by atoms with E-state index in [-0.39, 0.29) is 5.92 Å². The van der Waals surface area contributed by atoms with Crippen molar-refractivity contribution in [1.82, 2.24) is 4.98 Å². The molecule has 0 atom stereocenters. The second-order valence-electron chi connectivity index (χ2n) is 4.56. The van der Waals surface area contributed by atoms with Crippen molar-refractivity contribution < 1.29 is 4.39 Å². The minimum absolute atomic E-state index is 0.271. The molecule has 96 valence electrons. The SMILES string of the molecule is CC(C)c1cc(C#N)cc(-c2ccnc(F)c2)c1Br. The molecule has 0 saturated heterocycles. The Balaban J connectivity index is 2.69. The quantitative estimate of drug-likeness (QED) is 0.756. The van der Waals surface area contributed by atoms with Gasteiger partial charge in [0, 0.05) is 16.7 Å². The molecule has 4 heteroatoms. The fourth-order valence-electron chi connectivity index (χ4n) is 1.91. The van der Waals surface area contributed by atoms with E-state index in [0.29, 0.717) is 11.1 Å². The van der Waals surface area contributed by atoms with E-state index in [2.05, 4.69) is 40.8 Å². The van der Waals surface area contributed by atoms with Crippen molar-refractivity contribution in [1.29, 1.82) is 5.26 Å². The van der Waals surface area contributed by atoms with E-state index in [1.165, 1.54) is 12.3 Å². The van der Waals surface area contributed by atoms with E-state index in [4.69, 9.17) is 5.26 Å². The molecule has 0 amide bonds. The normalized spacial score (nSPS) is 10.5. The van der Waals surface area contributed by atoms with Crippen LogP contribution in [0.3, 0.4) is 0 Å². The first-order valence-corrected chi connectivity index (χ1v) is 6.67. The molecule has 0 aliphatic rings. The lowest BCUT2D eigenvalue weighted by molar-refractivity contribution is 0.584. The number of pyridine rings is 1. The summed E-state index contributed by atoms with van der Waals surface area (Å²) < 4.78 is 14.1. The van der Waals surface area contributed by atoms with E-state index >= 15 is 0 Å². The van der Waals surface area contributed by atoms with Crippen molar-refractivity contribution >= 4 is 15.9 Å². The van der Waals surface area contributed by atoms with Gasteiger partial charge in [-0.05, 0) is 56.7 Å². The van der Waals surface area contributed by atoms with Gasteiger partial charge in [0.15, 0.2) is 0 Å². The van der Waals surface area contributed by atoms with Crippen LogP contribution < -0.4 is 0 Å². The molecule has 1 heterocycles. The van der Waals surface area contributed by atoms with Crippen LogP contribution in [0.4, 0.5) is 4.39 Å². The average molecular weight is 319 g/mol. The van der Waals surface area contributed by atoms with Crippen LogP contribution in [0.15, 0.2) is 34.9 Å². The standard InChI is InChI=1S/C15H12BrFN2/c1-9(2)12-5-10(8-18)6-13(15(12)16)11-3-4-19-14(17)7-11/h3-7,9H,1-2H3. The van der Waals surface area contributed by atoms with Crippen molar-refractivity contribution in [3.8, 4) is 17.2 Å². The highest BCUT2D eigenvalue weighted by Crippen LogP contribution is 2.35. The maximum atomic E-state index is 13.2. The number of halogens is 2. The zero-order valence-corrected chi connectivity index (χ0v) is 12.2. The summed E-state index contributed by atoms with van der Waals surface area (Å²) in [6.45, 7) is 4.11. The summed E-state index contributed by atoms with van der Waals surface area (Å²) in [5.41, 5.74) is 3.12. The van der Waals surface area contributed by atoms with Crippen LogP contribution >= 0.6 is 15.9 Å². The van der Waals surface area contributed by atoms with Crippen LogP contribution in [0.5, 0.6) is 0 Å². The second kappa shape index (κ2) is 5.50. The molecule has 0 aliphatic carbocycles. The Morgan fingerprint density at radius 2 is 2.05 bits per heavy atom. The number of nitrogens with zero attached hydrogens (tertiary/aromatic N) is 2. The highest BCUT2D eigenvalue weighted by Gasteiger charge is 2.13. The maximum Gasteiger partial charge on any atom is 0.213 e. The monoisotopic (exact) mass is 318 g/mol. The largest absolute Gasteiger partial charge is 0.228 e. The van der Waals surface area contributed by atoms with E-state index in [1.54, 1.807) is 12.1 Å². The number of aromatic nitrogens is 1. The van der Waals surface area contributed by atoms with Crippen molar-refractivity contribution in [3.63, 3.8) is 0 Å². The second-order valence-corrected chi connectivity index (χ2v) is 5.35. The summed E-state index contributed by atoms with van der Waals surface area (Å²) in [4.78, 5) is 3.55. The Morgan fingerprint density at radius 1 is 1.32 bits per heavy atom. The lowest BCUT2D eigenvalue weighted by Crippen LogP contribution is -1.95. The van der Waals surface area contributed by atoms with Gasteiger partial charge in [0.25, 0.3) is 0 Å². The van der Waals surface area contributed by atoms with Gasteiger partial charge in [-0.15, -0.1) is 0 Å². The molecule has 2 rings (SSSR count). The zero-order chi connectivity index (χ0) is 14.0. The molecule has 2 nitrogen and oxygen atoms in total. The number of nitriles is 1. The summed E-state index contributed by atoms with van der Waals surface area (Å²) in [7, 11) is 0. The number of rotatable bonds is 2. The first-order chi connectivity index (χ1) is 9.02. The Hall–Kier alpha value is -1.73. The van der Waals surface area contributed by atoms with Gasteiger partial charge in [-0.3, -0.25) is 0 Å². The molecule has 0 aliphatic heterocycles. The topological polar surface area (TPSA) is 36.7 Å². The summed E-state index contributed by atoms with van der Waals surface area (Å²) in [5, 5.41) is 9.11. The van der Waals surface area contributed by atoms with Crippen LogP contribution in [-0.4, -0.2) is 4.98 Å². The molecular weight excluding hydrogens is 307 g/mol. The molecule has 19 heavy (non-hydrogen) atoms. The molecule has 1 aromatic heterocycles. The third-order valence-electron chi connectivity index (χ3n) is 2.89. The molecule has 0 saturated carbocycles. The summed E-state index contributed by atoms with van der Waals surface area (Å²) in [5.74, 6) is -0.258. The number of benzene rings is 1. The Kier molecular flexibility index (Phi) is 3.96. The first-order valence-electron chi connectivity index (χ1n) is 5.88. The highest BCUT2D eigenvalue weighted by atomic mass is 79.9. The molecule has 2 aromatic rings. The smallest absolute Gasteiger partial charge is 0.213 e. The van der Waals surface area contributed by atoms with Gasteiger partial charge in [0.1, 0.15) is 0 Å². The summed E-state index contributed by atoms with van der Waals surface area (Å²) in [6, 6.07) is 8.85. The Labute approximate surface area is 120 Å². The molecule has 0 fully saturated rings. The molecule has 0 spiro atoms. The van der Waals surface area contributed by atoms with Gasteiger partial charge in [-0.1, -0.05) is 13.8 Å². The minimum Gasteiger partial charge on any atom is -0.228 e. The molecule has 0 bridgehead atoms. The van der Waals surface area contributed by atoms with Crippen LogP contribution in [0.2, 0.25) is 0 Å². The fraction of sp³-hybridized carbons (Fsp3) is 0.200. The van der Waals surface area contributed by atoms with Gasteiger partial charge in [0.05, 0.1) is 11.6 Å². The average Bonchev–Trinajstić information content (AvgIpc) is 2.38. The predicted octanol–water partition coefficient (Wildman–Crippen LogP) is 4.65. The van der Waals surface area contributed by atoms with Crippen LogP contribution in [-0.2, 0) is 0 Å². The van der Waals surface area contributed by atoms with Crippen molar-refractivity contribution in [2.75, 3.05) is 0 Å². The minimum atomic E-state index is -0.530. The van der Waals surface area contributed by atoms with Gasteiger partial charge in [0.2, 0.25) is 5.95 Å². The van der Waals surface area contributed by atoms with Crippen molar-refractivity contribution in [3.05, 3.63) is 52.0 Å². The summed E-state index contributed by atoms with van der Waals surface area (Å²) in [6.07, 6.45) is 1.42. The lowest BCUT2D eigenvalue weighted by atomic mass is 9.95. The molecule has 0 radical (unpaired) electrons. The van der Waals surface area contributed by atoms with Crippen LogP contribution in [0.1, 0.15) is 30.9 Å². The van der Waals surface area contributed by atoms with Crippen LogP contribution in [0, 0.1) is 17.3 Å². The number of hydrogen-bond acceptors (Lipinski definition) is 2. The van der Waals surface area contributed by atoms with Gasteiger partial charge in [-0.2, -0.15) is 9.65 Å². The molecule has 0 N–H and O–H groups in total. The lowest BCUT2D eigenvalue weighted by Gasteiger charge is -2.14. The van der Waals surface area contributed by atoms with E-state index < -0.39 is 5.95 Å². The van der Waals surface area contributed by atoms with Gasteiger partial charge in [-0.25, -0.2) is 4.98 Å². The summed E-state index contributed by atoms with van der Waals surface area (Å²) >= 11 is 3.55.